The van der Waals surface area contributed by atoms with Gasteiger partial charge in [-0.1, -0.05) is 11.6 Å². The molecule has 0 saturated carbocycles. The standard InChI is InChI=1S/C11H6ClFN2O2/c12-11-9(13)10(14-4-15-11)6-1-2-7-8(3-6)17-5-16-7/h1-4H,5H2. The van der Waals surface area contributed by atoms with Crippen LogP contribution in [-0.4, -0.2) is 16.8 Å². The molecule has 1 aliphatic rings. The van der Waals surface area contributed by atoms with Gasteiger partial charge in [0.2, 0.25) is 6.79 Å². The number of hydrogen-bond donors (Lipinski definition) is 0. The van der Waals surface area contributed by atoms with Gasteiger partial charge in [-0.05, 0) is 18.2 Å². The van der Waals surface area contributed by atoms with Crippen molar-refractivity contribution in [3.05, 3.63) is 35.5 Å². The number of aromatic nitrogens is 2. The summed E-state index contributed by atoms with van der Waals surface area (Å²) >= 11 is 5.60. The minimum absolute atomic E-state index is 0.142. The summed E-state index contributed by atoms with van der Waals surface area (Å²) in [5.41, 5.74) is 0.708. The summed E-state index contributed by atoms with van der Waals surface area (Å²) in [6.45, 7) is 0.172. The maximum absolute atomic E-state index is 13.7. The van der Waals surface area contributed by atoms with Crippen LogP contribution in [0.3, 0.4) is 0 Å². The van der Waals surface area contributed by atoms with E-state index in [0.717, 1.165) is 0 Å². The molecule has 6 heteroatoms. The Hall–Kier alpha value is -1.88. The van der Waals surface area contributed by atoms with Gasteiger partial charge < -0.3 is 9.47 Å². The summed E-state index contributed by atoms with van der Waals surface area (Å²) in [6.07, 6.45) is 1.21. The Morgan fingerprint density at radius 3 is 2.88 bits per heavy atom. The monoisotopic (exact) mass is 252 g/mol. The molecule has 0 amide bonds. The molecule has 1 aliphatic heterocycles. The summed E-state index contributed by atoms with van der Waals surface area (Å²) in [4.78, 5) is 7.43. The number of halogens is 2. The highest BCUT2D eigenvalue weighted by Crippen LogP contribution is 2.36. The smallest absolute Gasteiger partial charge is 0.231 e. The van der Waals surface area contributed by atoms with E-state index in [4.69, 9.17) is 21.1 Å². The van der Waals surface area contributed by atoms with Gasteiger partial charge in [-0.15, -0.1) is 0 Å². The van der Waals surface area contributed by atoms with Crippen molar-refractivity contribution in [3.63, 3.8) is 0 Å². The summed E-state index contributed by atoms with van der Waals surface area (Å²) in [6, 6.07) is 5.05. The fourth-order valence-electron chi connectivity index (χ4n) is 1.59. The quantitative estimate of drug-likeness (QED) is 0.732. The van der Waals surface area contributed by atoms with E-state index < -0.39 is 5.82 Å². The van der Waals surface area contributed by atoms with Gasteiger partial charge in [0.25, 0.3) is 0 Å². The summed E-state index contributed by atoms with van der Waals surface area (Å²) in [7, 11) is 0. The van der Waals surface area contributed by atoms with Crippen molar-refractivity contribution in [1.29, 1.82) is 0 Å². The Labute approximate surface area is 101 Å². The molecule has 17 heavy (non-hydrogen) atoms. The van der Waals surface area contributed by atoms with Crippen LogP contribution >= 0.6 is 11.6 Å². The lowest BCUT2D eigenvalue weighted by atomic mass is 10.1. The van der Waals surface area contributed by atoms with Gasteiger partial charge in [0.15, 0.2) is 22.5 Å². The van der Waals surface area contributed by atoms with E-state index in [0.29, 0.717) is 17.1 Å². The average Bonchev–Trinajstić information content (AvgIpc) is 2.79. The highest BCUT2D eigenvalue weighted by molar-refractivity contribution is 6.29. The number of rotatable bonds is 1. The van der Waals surface area contributed by atoms with Crippen LogP contribution in [0, 0.1) is 5.82 Å². The predicted molar refractivity (Wildman–Crippen MR) is 58.6 cm³/mol. The third kappa shape index (κ3) is 1.68. The molecule has 0 atom stereocenters. The lowest BCUT2D eigenvalue weighted by molar-refractivity contribution is 0.174. The van der Waals surface area contributed by atoms with Crippen LogP contribution in [-0.2, 0) is 0 Å². The first kappa shape index (κ1) is 10.3. The molecule has 4 nitrogen and oxygen atoms in total. The molecule has 3 rings (SSSR count). The zero-order valence-electron chi connectivity index (χ0n) is 8.48. The highest BCUT2D eigenvalue weighted by atomic mass is 35.5. The van der Waals surface area contributed by atoms with Crippen LogP contribution in [0.5, 0.6) is 11.5 Å². The SMILES string of the molecule is Fc1c(Cl)ncnc1-c1ccc2c(c1)OCO2. The molecule has 2 heterocycles. The molecule has 0 fully saturated rings. The van der Waals surface area contributed by atoms with Crippen LogP contribution in [0.2, 0.25) is 5.15 Å². The van der Waals surface area contributed by atoms with E-state index >= 15 is 0 Å². The van der Waals surface area contributed by atoms with Crippen LogP contribution in [0.25, 0.3) is 11.3 Å². The molecule has 0 aliphatic carbocycles. The molecule has 86 valence electrons. The second-order valence-corrected chi connectivity index (χ2v) is 3.75. The molecule has 0 bridgehead atoms. The van der Waals surface area contributed by atoms with E-state index in [2.05, 4.69) is 9.97 Å². The normalized spacial score (nSPS) is 12.8. The zero-order valence-corrected chi connectivity index (χ0v) is 9.24. The Bertz CT molecular complexity index is 592. The van der Waals surface area contributed by atoms with E-state index in [1.165, 1.54) is 6.33 Å². The molecule has 0 N–H and O–H groups in total. The topological polar surface area (TPSA) is 44.2 Å². The van der Waals surface area contributed by atoms with Gasteiger partial charge in [0.05, 0.1) is 0 Å². The minimum atomic E-state index is -0.645. The second-order valence-electron chi connectivity index (χ2n) is 3.40. The molecular formula is C11H6ClFN2O2. The lowest BCUT2D eigenvalue weighted by Gasteiger charge is -2.04. The van der Waals surface area contributed by atoms with Crippen molar-refractivity contribution in [3.8, 4) is 22.8 Å². The van der Waals surface area contributed by atoms with Gasteiger partial charge in [-0.25, -0.2) is 14.4 Å². The molecule has 0 spiro atoms. The molecule has 1 aromatic heterocycles. The van der Waals surface area contributed by atoms with Crippen molar-refractivity contribution in [2.75, 3.05) is 6.79 Å². The fraction of sp³-hybridized carbons (Fsp3) is 0.0909. The lowest BCUT2D eigenvalue weighted by Crippen LogP contribution is -1.93. The number of fused-ring (bicyclic) bond motifs is 1. The fourth-order valence-corrected chi connectivity index (χ4v) is 1.73. The van der Waals surface area contributed by atoms with E-state index in [-0.39, 0.29) is 17.6 Å². The van der Waals surface area contributed by atoms with Crippen molar-refractivity contribution in [2.24, 2.45) is 0 Å². The molecule has 0 saturated heterocycles. The maximum atomic E-state index is 13.7. The van der Waals surface area contributed by atoms with Crippen molar-refractivity contribution in [2.45, 2.75) is 0 Å². The summed E-state index contributed by atoms with van der Waals surface area (Å²) in [5, 5.41) is -0.201. The first-order valence-electron chi connectivity index (χ1n) is 4.82. The van der Waals surface area contributed by atoms with Gasteiger partial charge in [-0.2, -0.15) is 0 Å². The van der Waals surface area contributed by atoms with E-state index in [9.17, 15) is 4.39 Å². The molecule has 0 unspecified atom stereocenters. The van der Waals surface area contributed by atoms with Gasteiger partial charge in [-0.3, -0.25) is 0 Å². The first-order chi connectivity index (χ1) is 8.25. The Balaban J connectivity index is 2.13. The van der Waals surface area contributed by atoms with E-state index in [1.807, 2.05) is 0 Å². The molecule has 0 radical (unpaired) electrons. The number of benzene rings is 1. The van der Waals surface area contributed by atoms with Crippen LogP contribution in [0.15, 0.2) is 24.5 Å². The third-order valence-electron chi connectivity index (χ3n) is 2.39. The van der Waals surface area contributed by atoms with Crippen LogP contribution in [0.4, 0.5) is 4.39 Å². The van der Waals surface area contributed by atoms with Crippen LogP contribution in [0.1, 0.15) is 0 Å². The Kier molecular flexibility index (Phi) is 2.33. The number of ether oxygens (including phenoxy) is 2. The Morgan fingerprint density at radius 1 is 1.18 bits per heavy atom. The van der Waals surface area contributed by atoms with Crippen molar-refractivity contribution < 1.29 is 13.9 Å². The predicted octanol–water partition coefficient (Wildman–Crippen LogP) is 2.66. The molecular weight excluding hydrogens is 247 g/mol. The number of hydrogen-bond acceptors (Lipinski definition) is 4. The second kappa shape index (κ2) is 3.85. The third-order valence-corrected chi connectivity index (χ3v) is 2.66. The Morgan fingerprint density at radius 2 is 2.00 bits per heavy atom. The maximum Gasteiger partial charge on any atom is 0.231 e. The summed E-state index contributed by atoms with van der Waals surface area (Å²) < 4.78 is 24.1. The first-order valence-corrected chi connectivity index (χ1v) is 5.19. The number of nitrogens with zero attached hydrogens (tertiary/aromatic N) is 2. The largest absolute Gasteiger partial charge is 0.454 e. The van der Waals surface area contributed by atoms with Crippen molar-refractivity contribution in [1.82, 2.24) is 9.97 Å². The van der Waals surface area contributed by atoms with Gasteiger partial charge >= 0.3 is 0 Å². The zero-order chi connectivity index (χ0) is 11.8. The minimum Gasteiger partial charge on any atom is -0.454 e. The van der Waals surface area contributed by atoms with Crippen molar-refractivity contribution >= 4 is 11.6 Å². The van der Waals surface area contributed by atoms with Gasteiger partial charge in [0.1, 0.15) is 12.0 Å². The average molecular weight is 253 g/mol. The summed E-state index contributed by atoms with van der Waals surface area (Å²) in [5.74, 6) is 0.555. The molecule has 2 aromatic rings. The molecule has 1 aromatic carbocycles. The van der Waals surface area contributed by atoms with Crippen LogP contribution < -0.4 is 9.47 Å². The van der Waals surface area contributed by atoms with Gasteiger partial charge in [0, 0.05) is 5.56 Å². The van der Waals surface area contributed by atoms with E-state index in [1.54, 1.807) is 18.2 Å². The highest BCUT2D eigenvalue weighted by Gasteiger charge is 2.17.